The summed E-state index contributed by atoms with van der Waals surface area (Å²) in [6.45, 7) is -1.96. The van der Waals surface area contributed by atoms with Gasteiger partial charge in [-0.3, -0.25) is 4.52 Å². The quantitative estimate of drug-likeness (QED) is 0.456. The van der Waals surface area contributed by atoms with Gasteiger partial charge in [-0.2, -0.15) is 17.6 Å². The van der Waals surface area contributed by atoms with Crippen molar-refractivity contribution in [2.45, 2.75) is 12.0 Å². The molecule has 1 rings (SSSR count). The lowest BCUT2D eigenvalue weighted by Gasteiger charge is -2.30. The second kappa shape index (κ2) is 2.40. The standard InChI is InChI=1S/C3H2F5O3P/c4-2(5)1-10-12(8,9)11-3(2,6)7/h1H2. The molecule has 1 unspecified atom stereocenters. The van der Waals surface area contributed by atoms with Crippen molar-refractivity contribution in [1.82, 2.24) is 0 Å². The van der Waals surface area contributed by atoms with E-state index in [1.165, 1.54) is 0 Å². The highest BCUT2D eigenvalue weighted by Gasteiger charge is 2.66. The van der Waals surface area contributed by atoms with Crippen LogP contribution in [0.1, 0.15) is 0 Å². The van der Waals surface area contributed by atoms with Crippen molar-refractivity contribution in [3.05, 3.63) is 0 Å². The first-order valence-corrected chi connectivity index (χ1v) is 4.00. The zero-order chi connectivity index (χ0) is 9.62. The summed E-state index contributed by atoms with van der Waals surface area (Å²) in [5, 5.41) is 0. The van der Waals surface area contributed by atoms with Crippen LogP contribution in [0.3, 0.4) is 0 Å². The van der Waals surface area contributed by atoms with Gasteiger partial charge in [0.2, 0.25) is 0 Å². The summed E-state index contributed by atoms with van der Waals surface area (Å²) in [6.07, 6.45) is -5.09. The van der Waals surface area contributed by atoms with Gasteiger partial charge >= 0.3 is 19.9 Å². The predicted octanol–water partition coefficient (Wildman–Crippen LogP) is 2.34. The van der Waals surface area contributed by atoms with Crippen molar-refractivity contribution in [2.24, 2.45) is 0 Å². The second-order valence-corrected chi connectivity index (χ2v) is 3.32. The molecule has 0 saturated carbocycles. The van der Waals surface area contributed by atoms with Gasteiger partial charge in [0.05, 0.1) is 0 Å². The molecule has 9 heteroatoms. The fourth-order valence-corrected chi connectivity index (χ4v) is 1.25. The van der Waals surface area contributed by atoms with Gasteiger partial charge in [0.15, 0.2) is 0 Å². The maximum Gasteiger partial charge on any atom is 0.518 e. The summed E-state index contributed by atoms with van der Waals surface area (Å²) < 4.78 is 76.0. The van der Waals surface area contributed by atoms with Crippen LogP contribution in [0.25, 0.3) is 0 Å². The molecule has 0 aliphatic carbocycles. The highest BCUT2D eigenvalue weighted by atomic mass is 31.2. The molecule has 1 aliphatic rings. The average molecular weight is 212 g/mol. The molecule has 3 nitrogen and oxygen atoms in total. The maximum absolute atomic E-state index is 12.0. The van der Waals surface area contributed by atoms with Crippen LogP contribution >= 0.6 is 7.91 Å². The van der Waals surface area contributed by atoms with Crippen LogP contribution in [0.2, 0.25) is 0 Å². The van der Waals surface area contributed by atoms with Gasteiger partial charge in [-0.15, -0.1) is 4.20 Å². The third-order valence-corrected chi connectivity index (χ3v) is 1.93. The molecule has 0 aromatic heterocycles. The van der Waals surface area contributed by atoms with Gasteiger partial charge in [0, 0.05) is 0 Å². The Hall–Kier alpha value is -0.200. The zero-order valence-corrected chi connectivity index (χ0v) is 6.16. The number of alkyl halides is 4. The van der Waals surface area contributed by atoms with Crippen molar-refractivity contribution in [2.75, 3.05) is 6.61 Å². The van der Waals surface area contributed by atoms with E-state index in [1.54, 1.807) is 0 Å². The van der Waals surface area contributed by atoms with Crippen LogP contribution in [-0.2, 0) is 13.6 Å². The molecule has 0 N–H and O–H groups in total. The smallest absolute Gasteiger partial charge is 0.277 e. The van der Waals surface area contributed by atoms with E-state index in [-0.39, 0.29) is 0 Å². The molecule has 1 fully saturated rings. The number of rotatable bonds is 0. The molecule has 12 heavy (non-hydrogen) atoms. The van der Waals surface area contributed by atoms with E-state index in [2.05, 4.69) is 9.05 Å². The van der Waals surface area contributed by atoms with Crippen molar-refractivity contribution in [3.63, 3.8) is 0 Å². The minimum Gasteiger partial charge on any atom is -0.277 e. The van der Waals surface area contributed by atoms with Crippen LogP contribution in [0.5, 0.6) is 0 Å². The largest absolute Gasteiger partial charge is 0.518 e. The van der Waals surface area contributed by atoms with Crippen LogP contribution in [0, 0.1) is 0 Å². The SMILES string of the molecule is O=P1(F)OCC(F)(F)C(F)(F)O1. The molecule has 72 valence electrons. The first kappa shape index (κ1) is 9.88. The number of hydrogen-bond acceptors (Lipinski definition) is 3. The van der Waals surface area contributed by atoms with Gasteiger partial charge in [0.25, 0.3) is 0 Å². The average Bonchev–Trinajstić information content (AvgIpc) is 1.79. The molecule has 0 spiro atoms. The summed E-state index contributed by atoms with van der Waals surface area (Å²) in [5.41, 5.74) is 0. The normalized spacial score (nSPS) is 39.4. The highest BCUT2D eigenvalue weighted by Crippen LogP contribution is 2.61. The van der Waals surface area contributed by atoms with Gasteiger partial charge in [-0.25, -0.2) is 9.09 Å². The first-order valence-electron chi connectivity index (χ1n) is 2.57. The minimum atomic E-state index is -5.52. The third-order valence-electron chi connectivity index (χ3n) is 1.05. The van der Waals surface area contributed by atoms with Gasteiger partial charge in [0.1, 0.15) is 6.61 Å². The molecule has 0 aromatic rings. The van der Waals surface area contributed by atoms with Crippen molar-refractivity contribution in [1.29, 1.82) is 0 Å². The van der Waals surface area contributed by atoms with Gasteiger partial charge in [-0.05, 0) is 0 Å². The molecule has 1 aliphatic heterocycles. The minimum absolute atomic E-state index is 1.96. The predicted molar refractivity (Wildman–Crippen MR) is 25.6 cm³/mol. The Labute approximate surface area is 63.1 Å². The van der Waals surface area contributed by atoms with E-state index in [9.17, 15) is 26.3 Å². The van der Waals surface area contributed by atoms with Crippen LogP contribution in [0.15, 0.2) is 0 Å². The van der Waals surface area contributed by atoms with E-state index < -0.39 is 26.5 Å². The van der Waals surface area contributed by atoms with E-state index in [4.69, 9.17) is 0 Å². The maximum atomic E-state index is 12.0. The Bertz CT molecular complexity index is 240. The molecular weight excluding hydrogens is 210 g/mol. The monoisotopic (exact) mass is 212 g/mol. The Balaban J connectivity index is 2.89. The van der Waals surface area contributed by atoms with E-state index in [0.29, 0.717) is 0 Å². The Morgan fingerprint density at radius 1 is 1.25 bits per heavy atom. The fourth-order valence-electron chi connectivity index (χ4n) is 0.472. The molecular formula is C3H2F5O3P. The lowest BCUT2D eigenvalue weighted by molar-refractivity contribution is -0.338. The Kier molecular flexibility index (Phi) is 1.97. The van der Waals surface area contributed by atoms with E-state index in [1.807, 2.05) is 0 Å². The fraction of sp³-hybridized carbons (Fsp3) is 1.00. The zero-order valence-electron chi connectivity index (χ0n) is 5.27. The third kappa shape index (κ3) is 1.60. The molecule has 0 radical (unpaired) electrons. The molecule has 1 heterocycles. The first-order chi connectivity index (χ1) is 5.16. The van der Waals surface area contributed by atoms with Crippen LogP contribution in [-0.4, -0.2) is 18.6 Å². The van der Waals surface area contributed by atoms with Crippen LogP contribution in [0.4, 0.5) is 21.8 Å². The summed E-state index contributed by atoms with van der Waals surface area (Å²) in [4.78, 5) is 0. The summed E-state index contributed by atoms with van der Waals surface area (Å²) in [7, 11) is -5.52. The Morgan fingerprint density at radius 2 is 1.75 bits per heavy atom. The molecule has 0 bridgehead atoms. The highest BCUT2D eigenvalue weighted by molar-refractivity contribution is 7.48. The topological polar surface area (TPSA) is 35.5 Å². The second-order valence-electron chi connectivity index (χ2n) is 2.02. The van der Waals surface area contributed by atoms with Crippen molar-refractivity contribution >= 4 is 7.91 Å². The molecule has 0 amide bonds. The lowest BCUT2D eigenvalue weighted by Crippen LogP contribution is -2.48. The lowest BCUT2D eigenvalue weighted by atomic mass is 10.3. The molecule has 0 aromatic carbocycles. The molecule has 1 atom stereocenters. The van der Waals surface area contributed by atoms with Gasteiger partial charge in [-0.1, -0.05) is 0 Å². The number of halogens is 5. The van der Waals surface area contributed by atoms with E-state index in [0.717, 1.165) is 0 Å². The van der Waals surface area contributed by atoms with Crippen molar-refractivity contribution in [3.8, 4) is 0 Å². The van der Waals surface area contributed by atoms with Crippen molar-refractivity contribution < 1.29 is 35.4 Å². The number of hydrogen-bond donors (Lipinski definition) is 0. The van der Waals surface area contributed by atoms with Crippen LogP contribution < -0.4 is 0 Å². The van der Waals surface area contributed by atoms with Gasteiger partial charge < -0.3 is 0 Å². The molecule has 1 saturated heterocycles. The van der Waals surface area contributed by atoms with E-state index >= 15 is 0 Å². The summed E-state index contributed by atoms with van der Waals surface area (Å²) >= 11 is 0. The summed E-state index contributed by atoms with van der Waals surface area (Å²) in [6, 6.07) is 0. The Morgan fingerprint density at radius 3 is 2.08 bits per heavy atom. The summed E-state index contributed by atoms with van der Waals surface area (Å²) in [5.74, 6) is -4.66.